The molecule has 1 aliphatic rings. The van der Waals surface area contributed by atoms with E-state index in [9.17, 15) is 13.2 Å². The molecule has 0 unspecified atom stereocenters. The van der Waals surface area contributed by atoms with Gasteiger partial charge in [0.05, 0.1) is 5.69 Å². The van der Waals surface area contributed by atoms with Gasteiger partial charge in [0.1, 0.15) is 10.7 Å². The number of rotatable bonds is 7. The first kappa shape index (κ1) is 16.5. The Morgan fingerprint density at radius 1 is 1.27 bits per heavy atom. The van der Waals surface area contributed by atoms with Crippen molar-refractivity contribution < 1.29 is 13.2 Å². The van der Waals surface area contributed by atoms with E-state index in [1.54, 1.807) is 18.2 Å². The van der Waals surface area contributed by atoms with Crippen molar-refractivity contribution in [2.24, 2.45) is 4.40 Å². The van der Waals surface area contributed by atoms with Crippen molar-refractivity contribution in [2.75, 3.05) is 11.9 Å². The lowest BCUT2D eigenvalue weighted by atomic mass is 10.2. The lowest BCUT2D eigenvalue weighted by molar-refractivity contribution is -0.121. The lowest BCUT2D eigenvalue weighted by Crippen LogP contribution is -2.25. The number of fused-ring (bicyclic) bond motifs is 1. The van der Waals surface area contributed by atoms with Crippen LogP contribution in [0.5, 0.6) is 0 Å². The zero-order chi connectivity index (χ0) is 16.0. The van der Waals surface area contributed by atoms with Gasteiger partial charge >= 0.3 is 0 Å². The molecule has 0 spiro atoms. The van der Waals surface area contributed by atoms with E-state index in [-0.39, 0.29) is 10.8 Å². The van der Waals surface area contributed by atoms with Crippen LogP contribution in [0.2, 0.25) is 0 Å². The summed E-state index contributed by atoms with van der Waals surface area (Å²) >= 11 is 0. The maximum Gasteiger partial charge on any atom is 0.286 e. The van der Waals surface area contributed by atoms with E-state index < -0.39 is 10.0 Å². The molecule has 1 aliphatic heterocycles. The monoisotopic (exact) mass is 323 g/mol. The van der Waals surface area contributed by atoms with Gasteiger partial charge in [0.2, 0.25) is 5.91 Å². The van der Waals surface area contributed by atoms with E-state index in [1.807, 2.05) is 0 Å². The Labute approximate surface area is 131 Å². The first-order chi connectivity index (χ1) is 10.5. The maximum absolute atomic E-state index is 12.0. The van der Waals surface area contributed by atoms with Gasteiger partial charge in [0, 0.05) is 19.4 Å². The molecule has 0 saturated heterocycles. The number of anilines is 1. The highest BCUT2D eigenvalue weighted by molar-refractivity contribution is 7.90. The van der Waals surface area contributed by atoms with Gasteiger partial charge in [-0.05, 0) is 25.0 Å². The fourth-order valence-electron chi connectivity index (χ4n) is 2.18. The van der Waals surface area contributed by atoms with Crippen molar-refractivity contribution in [3.63, 3.8) is 0 Å². The molecule has 1 heterocycles. The van der Waals surface area contributed by atoms with Crippen molar-refractivity contribution in [3.8, 4) is 0 Å². The van der Waals surface area contributed by atoms with Gasteiger partial charge in [0.25, 0.3) is 10.0 Å². The number of carbonyl (C=O) groups is 1. The topological polar surface area (TPSA) is 87.6 Å². The zero-order valence-electron chi connectivity index (χ0n) is 12.6. The second kappa shape index (κ2) is 7.40. The molecule has 0 radical (unpaired) electrons. The molecule has 0 saturated carbocycles. The van der Waals surface area contributed by atoms with Gasteiger partial charge < -0.3 is 10.6 Å². The Hall–Kier alpha value is -1.89. The number of nitrogens with one attached hydrogen (secondary N) is 2. The van der Waals surface area contributed by atoms with Crippen LogP contribution < -0.4 is 10.6 Å². The predicted molar refractivity (Wildman–Crippen MR) is 86.5 cm³/mol. The van der Waals surface area contributed by atoms with E-state index in [0.717, 1.165) is 12.8 Å². The van der Waals surface area contributed by atoms with Crippen molar-refractivity contribution in [3.05, 3.63) is 24.3 Å². The smallest absolute Gasteiger partial charge is 0.286 e. The summed E-state index contributed by atoms with van der Waals surface area (Å²) in [4.78, 5) is 11.8. The number of amidine groups is 1. The van der Waals surface area contributed by atoms with Crippen LogP contribution >= 0.6 is 0 Å². The minimum absolute atomic E-state index is 0.00637. The van der Waals surface area contributed by atoms with Crippen molar-refractivity contribution in [2.45, 2.75) is 43.9 Å². The molecule has 0 bridgehead atoms. The summed E-state index contributed by atoms with van der Waals surface area (Å²) in [7, 11) is -3.63. The highest BCUT2D eigenvalue weighted by Gasteiger charge is 2.23. The Morgan fingerprint density at radius 2 is 2.05 bits per heavy atom. The van der Waals surface area contributed by atoms with E-state index >= 15 is 0 Å². The van der Waals surface area contributed by atoms with Gasteiger partial charge in [0.15, 0.2) is 0 Å². The number of amides is 1. The summed E-state index contributed by atoms with van der Waals surface area (Å²) in [6.07, 6.45) is 3.36. The third-order valence-corrected chi connectivity index (χ3v) is 4.72. The number of benzene rings is 1. The summed E-state index contributed by atoms with van der Waals surface area (Å²) in [6, 6.07) is 6.67. The largest absolute Gasteiger partial charge is 0.356 e. The van der Waals surface area contributed by atoms with Crippen LogP contribution in [0.4, 0.5) is 5.69 Å². The highest BCUT2D eigenvalue weighted by Crippen LogP contribution is 2.27. The number of sulfonamides is 1. The fraction of sp³-hybridized carbons (Fsp3) is 0.467. The average molecular weight is 323 g/mol. The molecule has 2 rings (SSSR count). The summed E-state index contributed by atoms with van der Waals surface area (Å²) < 4.78 is 27.9. The van der Waals surface area contributed by atoms with Crippen molar-refractivity contribution in [1.82, 2.24) is 5.32 Å². The van der Waals surface area contributed by atoms with Crippen LogP contribution in [-0.2, 0) is 14.8 Å². The van der Waals surface area contributed by atoms with Crippen LogP contribution in [-0.4, -0.2) is 26.7 Å². The van der Waals surface area contributed by atoms with Crippen LogP contribution in [0.3, 0.4) is 0 Å². The van der Waals surface area contributed by atoms with Gasteiger partial charge in [-0.3, -0.25) is 4.79 Å². The van der Waals surface area contributed by atoms with Crippen LogP contribution in [0.25, 0.3) is 0 Å². The normalized spacial score (nSPS) is 15.4. The Bertz CT molecular complexity index is 668. The van der Waals surface area contributed by atoms with Crippen LogP contribution in [0.15, 0.2) is 33.6 Å². The van der Waals surface area contributed by atoms with E-state index in [2.05, 4.69) is 22.0 Å². The van der Waals surface area contributed by atoms with Crippen molar-refractivity contribution >= 4 is 27.5 Å². The molecule has 1 amide bonds. The van der Waals surface area contributed by atoms with Gasteiger partial charge in [-0.15, -0.1) is 4.40 Å². The summed E-state index contributed by atoms with van der Waals surface area (Å²) in [5.41, 5.74) is 0.542. The molecule has 6 nitrogen and oxygen atoms in total. The molecule has 1 aromatic carbocycles. The fourth-order valence-corrected chi connectivity index (χ4v) is 3.36. The number of nitrogens with zero attached hydrogens (tertiary/aromatic N) is 1. The second-order valence-electron chi connectivity index (χ2n) is 5.19. The summed E-state index contributed by atoms with van der Waals surface area (Å²) in [5.74, 6) is 0.383. The third-order valence-electron chi connectivity index (χ3n) is 3.34. The molecule has 7 heteroatoms. The van der Waals surface area contributed by atoms with Crippen LogP contribution in [0, 0.1) is 0 Å². The second-order valence-corrected chi connectivity index (χ2v) is 6.76. The predicted octanol–water partition coefficient (Wildman–Crippen LogP) is 2.29. The molecule has 22 heavy (non-hydrogen) atoms. The molecule has 0 fully saturated rings. The molecular weight excluding hydrogens is 302 g/mol. The first-order valence-corrected chi connectivity index (χ1v) is 8.93. The summed E-state index contributed by atoms with van der Waals surface area (Å²) in [5, 5.41) is 5.85. The lowest BCUT2D eigenvalue weighted by Gasteiger charge is -2.17. The van der Waals surface area contributed by atoms with Crippen molar-refractivity contribution in [1.29, 1.82) is 0 Å². The number of unbranched alkanes of at least 4 members (excludes halogenated alkanes) is 1. The van der Waals surface area contributed by atoms with Gasteiger partial charge in [-0.25, -0.2) is 0 Å². The Kier molecular flexibility index (Phi) is 5.54. The summed E-state index contributed by atoms with van der Waals surface area (Å²) in [6.45, 7) is 2.76. The Morgan fingerprint density at radius 3 is 2.82 bits per heavy atom. The Balaban J connectivity index is 1.88. The van der Waals surface area contributed by atoms with Gasteiger partial charge in [-0.2, -0.15) is 8.42 Å². The molecule has 0 aliphatic carbocycles. The van der Waals surface area contributed by atoms with Gasteiger partial charge in [-0.1, -0.05) is 25.5 Å². The number of hydrogen-bond acceptors (Lipinski definition) is 4. The first-order valence-electron chi connectivity index (χ1n) is 7.49. The average Bonchev–Trinajstić information content (AvgIpc) is 2.47. The molecular formula is C15H21N3O3S. The molecule has 120 valence electrons. The quantitative estimate of drug-likeness (QED) is 0.754. The minimum atomic E-state index is -3.63. The van der Waals surface area contributed by atoms with Crippen LogP contribution in [0.1, 0.15) is 39.0 Å². The zero-order valence-corrected chi connectivity index (χ0v) is 13.4. The third kappa shape index (κ3) is 4.30. The standard InChI is InChI=1S/C15H21N3O3S/c1-2-3-11-16-15(19)10-6-9-14-17-12-7-4-5-8-13(12)22(20,21)18-14/h4-5,7-8H,2-3,6,9-11H2,1H3,(H,16,19)(H,17,18). The SMILES string of the molecule is CCCCNC(=O)CCCC1=NS(=O)(=O)c2ccccc2N1. The molecule has 0 atom stereocenters. The van der Waals surface area contributed by atoms with E-state index in [0.29, 0.717) is 37.3 Å². The molecule has 2 N–H and O–H groups in total. The van der Waals surface area contributed by atoms with E-state index in [4.69, 9.17) is 0 Å². The number of para-hydroxylation sites is 1. The maximum atomic E-state index is 12.0. The highest BCUT2D eigenvalue weighted by atomic mass is 32.2. The number of carbonyl (C=O) groups excluding carboxylic acids is 1. The number of hydrogen-bond donors (Lipinski definition) is 2. The molecule has 1 aromatic rings. The molecule has 0 aromatic heterocycles. The van der Waals surface area contributed by atoms with E-state index in [1.165, 1.54) is 6.07 Å². The minimum Gasteiger partial charge on any atom is -0.356 e.